The summed E-state index contributed by atoms with van der Waals surface area (Å²) in [5.41, 5.74) is 9.96. The number of urea groups is 1. The summed E-state index contributed by atoms with van der Waals surface area (Å²) >= 11 is 0. The van der Waals surface area contributed by atoms with E-state index in [1.807, 2.05) is 5.32 Å². The number of aliphatic carboxylic acids is 1. The highest BCUT2D eigenvalue weighted by atomic mass is 16.4. The van der Waals surface area contributed by atoms with Crippen LogP contribution >= 0.6 is 0 Å². The van der Waals surface area contributed by atoms with E-state index >= 15 is 0 Å². The second-order valence-corrected chi connectivity index (χ2v) is 3.56. The summed E-state index contributed by atoms with van der Waals surface area (Å²) in [7, 11) is 0. The number of carboxylic acid groups (broad SMARTS) is 1. The second-order valence-electron chi connectivity index (χ2n) is 3.56. The molecule has 0 saturated carbocycles. The Hall–Kier alpha value is -2.42. The number of nitrogens with two attached hydrogens (primary N) is 2. The van der Waals surface area contributed by atoms with Crippen LogP contribution in [0.25, 0.3) is 0 Å². The Bertz CT molecular complexity index is 377. The molecule has 19 heavy (non-hydrogen) atoms. The summed E-state index contributed by atoms with van der Waals surface area (Å²) in [5, 5.41) is 12.7. The summed E-state index contributed by atoms with van der Waals surface area (Å²) in [6, 6.07) is -1.47. The lowest BCUT2D eigenvalue weighted by Gasteiger charge is -2.05. The number of primary amides is 1. The van der Waals surface area contributed by atoms with E-state index in [0.29, 0.717) is 19.4 Å². The molecule has 0 bridgehead atoms. The lowest BCUT2D eigenvalue weighted by atomic mass is 10.2. The van der Waals surface area contributed by atoms with E-state index in [1.165, 1.54) is 12.2 Å². The molecule has 1 heterocycles. The molecule has 7 N–H and O–H groups in total. The maximum atomic E-state index is 10.2. The standard InChI is InChI=1S/C6H13N3O3.C4H3NO2/c7-4(5(10)11)2-1-3-9-6(8)12;6-3-1-2-4(7)5-3/h4H,1-3,7H2,(H,10,11)(H3,8,9,12);1-2H,(H,5,6,7). The van der Waals surface area contributed by atoms with E-state index in [0.717, 1.165) is 0 Å². The lowest BCUT2D eigenvalue weighted by Crippen LogP contribution is -2.33. The van der Waals surface area contributed by atoms with Gasteiger partial charge in [-0.2, -0.15) is 0 Å². The Labute approximate surface area is 109 Å². The van der Waals surface area contributed by atoms with Crippen LogP contribution in [-0.2, 0) is 14.4 Å². The molecule has 9 nitrogen and oxygen atoms in total. The minimum absolute atomic E-state index is 0.329. The molecular weight excluding hydrogens is 256 g/mol. The predicted molar refractivity (Wildman–Crippen MR) is 64.7 cm³/mol. The lowest BCUT2D eigenvalue weighted by molar-refractivity contribution is -0.138. The number of rotatable bonds is 5. The zero-order chi connectivity index (χ0) is 14.8. The van der Waals surface area contributed by atoms with E-state index in [9.17, 15) is 19.2 Å². The SMILES string of the molecule is NC(=O)NCCCC(N)C(=O)O.O=C1C=CC(=O)N1. The van der Waals surface area contributed by atoms with Gasteiger partial charge in [-0.15, -0.1) is 0 Å². The van der Waals surface area contributed by atoms with Gasteiger partial charge in [0.1, 0.15) is 6.04 Å². The number of hydrogen-bond donors (Lipinski definition) is 5. The number of imide groups is 1. The van der Waals surface area contributed by atoms with Gasteiger partial charge in [-0.05, 0) is 12.8 Å². The summed E-state index contributed by atoms with van der Waals surface area (Å²) in [4.78, 5) is 40.4. The summed E-state index contributed by atoms with van der Waals surface area (Å²) in [6.07, 6.45) is 3.23. The monoisotopic (exact) mass is 272 g/mol. The van der Waals surface area contributed by atoms with E-state index in [1.54, 1.807) is 0 Å². The van der Waals surface area contributed by atoms with Crippen molar-refractivity contribution in [2.24, 2.45) is 11.5 Å². The Morgan fingerprint density at radius 2 is 1.84 bits per heavy atom. The maximum absolute atomic E-state index is 10.2. The summed E-state index contributed by atoms with van der Waals surface area (Å²) < 4.78 is 0. The molecule has 0 radical (unpaired) electrons. The largest absolute Gasteiger partial charge is 0.480 e. The highest BCUT2D eigenvalue weighted by Gasteiger charge is 2.09. The molecule has 0 saturated heterocycles. The summed E-state index contributed by atoms with van der Waals surface area (Å²) in [5.74, 6) is -1.69. The van der Waals surface area contributed by atoms with Crippen molar-refractivity contribution in [3.8, 4) is 0 Å². The van der Waals surface area contributed by atoms with E-state index in [2.05, 4.69) is 5.32 Å². The fourth-order valence-electron chi connectivity index (χ4n) is 1.01. The molecule has 1 unspecified atom stereocenters. The molecule has 0 aromatic carbocycles. The van der Waals surface area contributed by atoms with Crippen LogP contribution in [0, 0.1) is 0 Å². The van der Waals surface area contributed by atoms with Gasteiger partial charge in [0.2, 0.25) is 0 Å². The molecule has 0 aliphatic carbocycles. The van der Waals surface area contributed by atoms with Crippen molar-refractivity contribution >= 4 is 23.8 Å². The molecule has 9 heteroatoms. The Kier molecular flexibility index (Phi) is 7.54. The average molecular weight is 272 g/mol. The van der Waals surface area contributed by atoms with Crippen molar-refractivity contribution in [3.05, 3.63) is 12.2 Å². The van der Waals surface area contributed by atoms with Crippen molar-refractivity contribution in [3.63, 3.8) is 0 Å². The van der Waals surface area contributed by atoms with Crippen molar-refractivity contribution in [2.75, 3.05) is 6.54 Å². The Balaban J connectivity index is 0.000000388. The first-order valence-electron chi connectivity index (χ1n) is 5.37. The normalized spacial score (nSPS) is 14.2. The van der Waals surface area contributed by atoms with Gasteiger partial charge in [0, 0.05) is 18.7 Å². The zero-order valence-electron chi connectivity index (χ0n) is 10.1. The number of amides is 4. The van der Waals surface area contributed by atoms with Crippen molar-refractivity contribution < 1.29 is 24.3 Å². The number of carboxylic acids is 1. The number of carbonyl (C=O) groups excluding carboxylic acids is 3. The van der Waals surface area contributed by atoms with Crippen LogP contribution in [0.15, 0.2) is 12.2 Å². The fourth-order valence-corrected chi connectivity index (χ4v) is 1.01. The molecule has 0 spiro atoms. The molecule has 1 aliphatic rings. The molecule has 106 valence electrons. The van der Waals surface area contributed by atoms with E-state index in [4.69, 9.17) is 16.6 Å². The van der Waals surface area contributed by atoms with Crippen molar-refractivity contribution in [1.29, 1.82) is 0 Å². The third-order valence-corrected chi connectivity index (χ3v) is 1.94. The van der Waals surface area contributed by atoms with Gasteiger partial charge in [-0.1, -0.05) is 0 Å². The summed E-state index contributed by atoms with van der Waals surface area (Å²) in [6.45, 7) is 0.357. The number of nitrogens with one attached hydrogen (secondary N) is 2. The highest BCUT2D eigenvalue weighted by molar-refractivity contribution is 6.12. The molecule has 1 rings (SSSR count). The average Bonchev–Trinajstić information content (AvgIpc) is 2.68. The molecular formula is C10H16N4O5. The van der Waals surface area contributed by atoms with Crippen LogP contribution in [0.4, 0.5) is 4.79 Å². The number of carbonyl (C=O) groups is 4. The first-order valence-corrected chi connectivity index (χ1v) is 5.37. The van der Waals surface area contributed by atoms with Gasteiger partial charge < -0.3 is 21.9 Å². The topological polar surface area (TPSA) is 165 Å². The third kappa shape index (κ3) is 9.30. The minimum Gasteiger partial charge on any atom is -0.480 e. The molecule has 1 aliphatic heterocycles. The first-order chi connectivity index (χ1) is 8.82. The van der Waals surface area contributed by atoms with Crippen molar-refractivity contribution in [1.82, 2.24) is 10.6 Å². The predicted octanol–water partition coefficient (Wildman–Crippen LogP) is -1.95. The Morgan fingerprint density at radius 3 is 2.16 bits per heavy atom. The van der Waals surface area contributed by atoms with Gasteiger partial charge in [0.05, 0.1) is 0 Å². The Morgan fingerprint density at radius 1 is 1.32 bits per heavy atom. The first kappa shape index (κ1) is 16.6. The highest BCUT2D eigenvalue weighted by Crippen LogP contribution is 1.92. The molecule has 0 aromatic rings. The van der Waals surface area contributed by atoms with Crippen LogP contribution in [0.1, 0.15) is 12.8 Å². The van der Waals surface area contributed by atoms with Gasteiger partial charge >= 0.3 is 12.0 Å². The fraction of sp³-hybridized carbons (Fsp3) is 0.400. The smallest absolute Gasteiger partial charge is 0.320 e. The molecule has 0 aromatic heterocycles. The minimum atomic E-state index is -1.03. The van der Waals surface area contributed by atoms with Crippen LogP contribution < -0.4 is 22.1 Å². The van der Waals surface area contributed by atoms with Crippen LogP contribution in [0.3, 0.4) is 0 Å². The van der Waals surface area contributed by atoms with Gasteiger partial charge in [0.25, 0.3) is 11.8 Å². The van der Waals surface area contributed by atoms with Crippen molar-refractivity contribution in [2.45, 2.75) is 18.9 Å². The van der Waals surface area contributed by atoms with E-state index in [-0.39, 0.29) is 11.8 Å². The molecule has 1 atom stereocenters. The maximum Gasteiger partial charge on any atom is 0.320 e. The second kappa shape index (κ2) is 8.64. The van der Waals surface area contributed by atoms with Gasteiger partial charge in [-0.25, -0.2) is 4.79 Å². The van der Waals surface area contributed by atoms with Gasteiger partial charge in [-0.3, -0.25) is 19.7 Å². The third-order valence-electron chi connectivity index (χ3n) is 1.94. The zero-order valence-corrected chi connectivity index (χ0v) is 10.1. The van der Waals surface area contributed by atoms with Crippen LogP contribution in [0.2, 0.25) is 0 Å². The van der Waals surface area contributed by atoms with Crippen LogP contribution in [-0.4, -0.2) is 41.5 Å². The van der Waals surface area contributed by atoms with Gasteiger partial charge in [0.15, 0.2) is 0 Å². The number of hydrogen-bond acceptors (Lipinski definition) is 5. The van der Waals surface area contributed by atoms with E-state index < -0.39 is 18.0 Å². The quantitative estimate of drug-likeness (QED) is 0.288. The van der Waals surface area contributed by atoms with Crippen LogP contribution in [0.5, 0.6) is 0 Å². The molecule has 4 amide bonds. The molecule has 0 fully saturated rings.